The van der Waals surface area contributed by atoms with Crippen LogP contribution in [0.2, 0.25) is 0 Å². The molecule has 1 fully saturated rings. The quantitative estimate of drug-likeness (QED) is 0.879. The lowest BCUT2D eigenvalue weighted by Gasteiger charge is -2.22. The molecule has 0 saturated carbocycles. The number of amides is 1. The Labute approximate surface area is 107 Å². The van der Waals surface area contributed by atoms with E-state index in [9.17, 15) is 4.79 Å². The zero-order chi connectivity index (χ0) is 13.0. The van der Waals surface area contributed by atoms with Gasteiger partial charge in [-0.2, -0.15) is 0 Å². The Hall–Kier alpha value is -1.36. The van der Waals surface area contributed by atoms with E-state index in [1.165, 1.54) is 0 Å². The van der Waals surface area contributed by atoms with Crippen molar-refractivity contribution in [2.75, 3.05) is 19.8 Å². The Balaban J connectivity index is 1.78. The van der Waals surface area contributed by atoms with Gasteiger partial charge < -0.3 is 14.6 Å². The number of nitrogens with zero attached hydrogens (tertiary/aromatic N) is 1. The van der Waals surface area contributed by atoms with Crippen molar-refractivity contribution in [3.8, 4) is 0 Å². The van der Waals surface area contributed by atoms with E-state index < -0.39 is 0 Å². The van der Waals surface area contributed by atoms with Crippen LogP contribution in [0, 0.1) is 19.8 Å². The maximum absolute atomic E-state index is 11.8. The molecular formula is C13H20N2O3. The third-order valence-corrected chi connectivity index (χ3v) is 3.45. The predicted octanol–water partition coefficient (Wildman–Crippen LogP) is 1.38. The normalized spacial score (nSPS) is 16.8. The predicted molar refractivity (Wildman–Crippen MR) is 66.2 cm³/mol. The lowest BCUT2D eigenvalue weighted by Crippen LogP contribution is -2.33. The fraction of sp³-hybridized carbons (Fsp3) is 0.692. The highest BCUT2D eigenvalue weighted by molar-refractivity contribution is 5.78. The van der Waals surface area contributed by atoms with Crippen molar-refractivity contribution in [1.29, 1.82) is 0 Å². The number of ether oxygens (including phenoxy) is 1. The summed E-state index contributed by atoms with van der Waals surface area (Å²) in [7, 11) is 0. The molecule has 0 atom stereocenters. The summed E-state index contributed by atoms with van der Waals surface area (Å²) < 4.78 is 10.3. The standard InChI is InChI=1S/C13H20N2O3/c1-9-12(10(2)18-15-9)7-13(16)14-8-11-3-5-17-6-4-11/h11H,3-8H2,1-2H3,(H,14,16). The van der Waals surface area contributed by atoms with E-state index in [0.29, 0.717) is 12.3 Å². The SMILES string of the molecule is Cc1noc(C)c1CC(=O)NCC1CCOCC1. The molecule has 1 aromatic heterocycles. The van der Waals surface area contributed by atoms with Crippen molar-refractivity contribution < 1.29 is 14.1 Å². The third-order valence-electron chi connectivity index (χ3n) is 3.45. The fourth-order valence-corrected chi connectivity index (χ4v) is 2.19. The van der Waals surface area contributed by atoms with Crippen molar-refractivity contribution in [2.24, 2.45) is 5.92 Å². The van der Waals surface area contributed by atoms with Gasteiger partial charge in [-0.15, -0.1) is 0 Å². The molecule has 1 aliphatic heterocycles. The van der Waals surface area contributed by atoms with Crippen molar-refractivity contribution in [3.63, 3.8) is 0 Å². The van der Waals surface area contributed by atoms with Gasteiger partial charge in [0.15, 0.2) is 0 Å². The van der Waals surface area contributed by atoms with Gasteiger partial charge in [0, 0.05) is 25.3 Å². The molecule has 18 heavy (non-hydrogen) atoms. The van der Waals surface area contributed by atoms with Crippen LogP contribution in [0.25, 0.3) is 0 Å². The lowest BCUT2D eigenvalue weighted by molar-refractivity contribution is -0.120. The van der Waals surface area contributed by atoms with Gasteiger partial charge in [-0.1, -0.05) is 5.16 Å². The number of rotatable bonds is 4. The number of carbonyl (C=O) groups is 1. The zero-order valence-corrected chi connectivity index (χ0v) is 11.0. The monoisotopic (exact) mass is 252 g/mol. The van der Waals surface area contributed by atoms with Gasteiger partial charge in [0.2, 0.25) is 5.91 Å². The van der Waals surface area contributed by atoms with E-state index in [-0.39, 0.29) is 5.91 Å². The molecule has 1 aromatic rings. The molecule has 5 nitrogen and oxygen atoms in total. The van der Waals surface area contributed by atoms with Crippen molar-refractivity contribution in [3.05, 3.63) is 17.0 Å². The molecule has 0 spiro atoms. The summed E-state index contributed by atoms with van der Waals surface area (Å²) in [6.07, 6.45) is 2.42. The first-order chi connectivity index (χ1) is 8.66. The minimum atomic E-state index is 0.0379. The third kappa shape index (κ3) is 3.32. The van der Waals surface area contributed by atoms with Crippen LogP contribution < -0.4 is 5.32 Å². The van der Waals surface area contributed by atoms with Crippen LogP contribution in [0.1, 0.15) is 29.9 Å². The van der Waals surface area contributed by atoms with Crippen LogP contribution >= 0.6 is 0 Å². The highest BCUT2D eigenvalue weighted by Gasteiger charge is 2.16. The number of nitrogens with one attached hydrogen (secondary N) is 1. The molecule has 1 amide bonds. The molecule has 1 aliphatic rings. The molecular weight excluding hydrogens is 232 g/mol. The second-order valence-electron chi connectivity index (χ2n) is 4.84. The number of aromatic nitrogens is 1. The van der Waals surface area contributed by atoms with Crippen LogP contribution in [0.15, 0.2) is 4.52 Å². The second kappa shape index (κ2) is 6.00. The Kier molecular flexibility index (Phi) is 4.36. The van der Waals surface area contributed by atoms with E-state index in [1.807, 2.05) is 13.8 Å². The molecule has 0 radical (unpaired) electrons. The number of aryl methyl sites for hydroxylation is 2. The number of hydrogen-bond acceptors (Lipinski definition) is 4. The van der Waals surface area contributed by atoms with Crippen molar-refractivity contribution >= 4 is 5.91 Å². The molecule has 0 aromatic carbocycles. The fourth-order valence-electron chi connectivity index (χ4n) is 2.19. The number of hydrogen-bond donors (Lipinski definition) is 1. The number of carbonyl (C=O) groups excluding carboxylic acids is 1. The molecule has 0 bridgehead atoms. The summed E-state index contributed by atoms with van der Waals surface area (Å²) in [6.45, 7) is 6.05. The average Bonchev–Trinajstić information content (AvgIpc) is 2.69. The van der Waals surface area contributed by atoms with Gasteiger partial charge in [-0.05, 0) is 32.6 Å². The molecule has 0 aliphatic carbocycles. The first kappa shape index (κ1) is 13.1. The minimum absolute atomic E-state index is 0.0379. The van der Waals surface area contributed by atoms with Crippen LogP contribution in [0.3, 0.4) is 0 Å². The zero-order valence-electron chi connectivity index (χ0n) is 11.0. The molecule has 5 heteroatoms. The summed E-state index contributed by atoms with van der Waals surface area (Å²) in [6, 6.07) is 0. The second-order valence-corrected chi connectivity index (χ2v) is 4.84. The highest BCUT2D eigenvalue weighted by Crippen LogP contribution is 2.14. The summed E-state index contributed by atoms with van der Waals surface area (Å²) in [5.41, 5.74) is 1.70. The van der Waals surface area contributed by atoms with E-state index in [1.54, 1.807) is 0 Å². The van der Waals surface area contributed by atoms with Gasteiger partial charge in [0.05, 0.1) is 12.1 Å². The van der Waals surface area contributed by atoms with Crippen molar-refractivity contribution in [1.82, 2.24) is 10.5 Å². The van der Waals surface area contributed by atoms with Gasteiger partial charge in [-0.3, -0.25) is 4.79 Å². The molecule has 1 N–H and O–H groups in total. The maximum Gasteiger partial charge on any atom is 0.224 e. The molecule has 1 saturated heterocycles. The van der Waals surface area contributed by atoms with Crippen LogP contribution in [0.4, 0.5) is 0 Å². The van der Waals surface area contributed by atoms with E-state index in [2.05, 4.69) is 10.5 Å². The highest BCUT2D eigenvalue weighted by atomic mass is 16.5. The van der Waals surface area contributed by atoms with Gasteiger partial charge >= 0.3 is 0 Å². The van der Waals surface area contributed by atoms with E-state index in [0.717, 1.165) is 49.6 Å². The Morgan fingerprint density at radius 1 is 1.39 bits per heavy atom. The van der Waals surface area contributed by atoms with Gasteiger partial charge in [0.25, 0.3) is 0 Å². The topological polar surface area (TPSA) is 64.4 Å². The molecule has 100 valence electrons. The average molecular weight is 252 g/mol. The van der Waals surface area contributed by atoms with Crippen molar-refractivity contribution in [2.45, 2.75) is 33.1 Å². The Morgan fingerprint density at radius 2 is 2.11 bits per heavy atom. The summed E-state index contributed by atoms with van der Waals surface area (Å²) in [4.78, 5) is 11.8. The Morgan fingerprint density at radius 3 is 2.72 bits per heavy atom. The molecule has 2 rings (SSSR count). The maximum atomic E-state index is 11.8. The van der Waals surface area contributed by atoms with Gasteiger partial charge in [0.1, 0.15) is 5.76 Å². The van der Waals surface area contributed by atoms with E-state index >= 15 is 0 Å². The van der Waals surface area contributed by atoms with Gasteiger partial charge in [-0.25, -0.2) is 0 Å². The first-order valence-electron chi connectivity index (χ1n) is 6.43. The van der Waals surface area contributed by atoms with E-state index in [4.69, 9.17) is 9.26 Å². The first-order valence-corrected chi connectivity index (χ1v) is 6.43. The summed E-state index contributed by atoms with van der Waals surface area (Å²) in [5.74, 6) is 1.32. The lowest BCUT2D eigenvalue weighted by atomic mass is 10.0. The van der Waals surface area contributed by atoms with Crippen LogP contribution in [-0.2, 0) is 16.0 Å². The minimum Gasteiger partial charge on any atom is -0.381 e. The molecule has 2 heterocycles. The Bertz CT molecular complexity index is 389. The summed E-state index contributed by atoms with van der Waals surface area (Å²) in [5, 5.41) is 6.83. The van der Waals surface area contributed by atoms with Crippen LogP contribution in [0.5, 0.6) is 0 Å². The smallest absolute Gasteiger partial charge is 0.224 e. The van der Waals surface area contributed by atoms with Crippen LogP contribution in [-0.4, -0.2) is 30.8 Å². The molecule has 0 unspecified atom stereocenters. The summed E-state index contributed by atoms with van der Waals surface area (Å²) >= 11 is 0. The largest absolute Gasteiger partial charge is 0.381 e.